The van der Waals surface area contributed by atoms with Crippen LogP contribution in [-0.2, 0) is 6.42 Å². The Balaban J connectivity index is 2.05. The van der Waals surface area contributed by atoms with Crippen molar-refractivity contribution >= 4 is 5.52 Å². The number of nitrogens with zero attached hydrogens (tertiary/aromatic N) is 2. The van der Waals surface area contributed by atoms with Gasteiger partial charge in [-0.2, -0.15) is 0 Å². The molecule has 0 spiro atoms. The van der Waals surface area contributed by atoms with Crippen molar-refractivity contribution in [3.8, 4) is 0 Å². The molecule has 0 amide bonds. The lowest BCUT2D eigenvalue weighted by Gasteiger charge is -2.05. The maximum absolute atomic E-state index is 4.54. The van der Waals surface area contributed by atoms with Crippen LogP contribution in [0.2, 0.25) is 0 Å². The molecule has 0 saturated heterocycles. The van der Waals surface area contributed by atoms with Crippen LogP contribution in [0, 0.1) is 13.8 Å². The number of aryl methyl sites for hydroxylation is 2. The normalized spacial score (nSPS) is 11.0. The van der Waals surface area contributed by atoms with Crippen molar-refractivity contribution in [1.82, 2.24) is 9.38 Å². The van der Waals surface area contributed by atoms with Gasteiger partial charge in [0, 0.05) is 12.1 Å². The van der Waals surface area contributed by atoms with Gasteiger partial charge in [0.15, 0.2) is 0 Å². The molecule has 0 aliphatic carbocycles. The second-order valence-corrected chi connectivity index (χ2v) is 4.77. The molecule has 0 unspecified atom stereocenters. The third-order valence-electron chi connectivity index (χ3n) is 3.26. The van der Waals surface area contributed by atoms with Crippen LogP contribution in [0.1, 0.15) is 22.6 Å². The molecule has 3 rings (SSSR count). The third kappa shape index (κ3) is 1.90. The van der Waals surface area contributed by atoms with Gasteiger partial charge in [-0.05, 0) is 31.5 Å². The molecule has 0 saturated carbocycles. The van der Waals surface area contributed by atoms with Crippen LogP contribution in [-0.4, -0.2) is 9.38 Å². The van der Waals surface area contributed by atoms with Crippen molar-refractivity contribution in [2.75, 3.05) is 0 Å². The van der Waals surface area contributed by atoms with Gasteiger partial charge in [0.1, 0.15) is 5.82 Å². The van der Waals surface area contributed by atoms with E-state index in [2.05, 4.69) is 65.7 Å². The van der Waals surface area contributed by atoms with Crippen molar-refractivity contribution < 1.29 is 0 Å². The van der Waals surface area contributed by atoms with Crippen LogP contribution in [0.25, 0.3) is 5.52 Å². The summed E-state index contributed by atoms with van der Waals surface area (Å²) >= 11 is 0. The summed E-state index contributed by atoms with van der Waals surface area (Å²) in [5.41, 5.74) is 5.00. The van der Waals surface area contributed by atoms with E-state index >= 15 is 0 Å². The number of imidazole rings is 1. The summed E-state index contributed by atoms with van der Waals surface area (Å²) in [4.78, 5) is 4.54. The molecule has 2 heterocycles. The lowest BCUT2D eigenvalue weighted by atomic mass is 10.1. The number of rotatable bonds is 2. The van der Waals surface area contributed by atoms with Gasteiger partial charge >= 0.3 is 0 Å². The molecule has 3 aromatic rings. The van der Waals surface area contributed by atoms with E-state index < -0.39 is 0 Å². The number of hydrogen-bond donors (Lipinski definition) is 0. The van der Waals surface area contributed by atoms with Crippen molar-refractivity contribution in [2.24, 2.45) is 0 Å². The molecule has 0 radical (unpaired) electrons. The molecule has 0 aliphatic rings. The Labute approximate surface area is 107 Å². The highest BCUT2D eigenvalue weighted by molar-refractivity contribution is 5.47. The molecule has 18 heavy (non-hydrogen) atoms. The molecular formula is C16H16N2. The summed E-state index contributed by atoms with van der Waals surface area (Å²) in [7, 11) is 0. The number of pyridine rings is 1. The molecule has 0 N–H and O–H groups in total. The molecule has 90 valence electrons. The number of hydrogen-bond acceptors (Lipinski definition) is 1. The highest BCUT2D eigenvalue weighted by atomic mass is 15.0. The highest BCUT2D eigenvalue weighted by Gasteiger charge is 2.06. The SMILES string of the molecule is Cc1cccc(Cc2ncc3cccc(C)n23)c1. The average molecular weight is 236 g/mol. The van der Waals surface area contributed by atoms with E-state index in [0.29, 0.717) is 0 Å². The minimum atomic E-state index is 0.876. The van der Waals surface area contributed by atoms with Crippen molar-refractivity contribution in [3.63, 3.8) is 0 Å². The number of benzene rings is 1. The molecule has 0 bridgehead atoms. The van der Waals surface area contributed by atoms with E-state index in [0.717, 1.165) is 17.8 Å². The smallest absolute Gasteiger partial charge is 0.117 e. The zero-order chi connectivity index (χ0) is 12.5. The predicted molar refractivity (Wildman–Crippen MR) is 73.9 cm³/mol. The Kier molecular flexibility index (Phi) is 2.63. The standard InChI is InChI=1S/C16H16N2/c1-12-5-3-7-14(9-12)10-16-17-11-15-8-4-6-13(2)18(15)16/h3-9,11H,10H2,1-2H3. The molecule has 2 aromatic heterocycles. The van der Waals surface area contributed by atoms with Gasteiger partial charge in [0.25, 0.3) is 0 Å². The van der Waals surface area contributed by atoms with Gasteiger partial charge < -0.3 is 4.40 Å². The zero-order valence-electron chi connectivity index (χ0n) is 10.7. The Morgan fingerprint density at radius 2 is 1.89 bits per heavy atom. The lowest BCUT2D eigenvalue weighted by molar-refractivity contribution is 0.931. The van der Waals surface area contributed by atoms with Gasteiger partial charge in [0.05, 0.1) is 11.7 Å². The Morgan fingerprint density at radius 1 is 1.06 bits per heavy atom. The van der Waals surface area contributed by atoms with Crippen molar-refractivity contribution in [3.05, 3.63) is 71.3 Å². The molecule has 0 atom stereocenters. The van der Waals surface area contributed by atoms with E-state index in [1.807, 2.05) is 6.20 Å². The fourth-order valence-electron chi connectivity index (χ4n) is 2.42. The first kappa shape index (κ1) is 11.0. The van der Waals surface area contributed by atoms with Crippen LogP contribution in [0.15, 0.2) is 48.7 Å². The van der Waals surface area contributed by atoms with Gasteiger partial charge in [-0.1, -0.05) is 35.9 Å². The molecular weight excluding hydrogens is 220 g/mol. The Bertz CT molecular complexity index is 695. The van der Waals surface area contributed by atoms with Crippen LogP contribution in [0.4, 0.5) is 0 Å². The van der Waals surface area contributed by atoms with E-state index in [1.54, 1.807) is 0 Å². The number of fused-ring (bicyclic) bond motifs is 1. The van der Waals surface area contributed by atoms with Gasteiger partial charge in [-0.15, -0.1) is 0 Å². The van der Waals surface area contributed by atoms with Gasteiger partial charge in [-0.3, -0.25) is 0 Å². The largest absolute Gasteiger partial charge is 0.301 e. The van der Waals surface area contributed by atoms with Crippen LogP contribution < -0.4 is 0 Å². The van der Waals surface area contributed by atoms with Crippen molar-refractivity contribution in [2.45, 2.75) is 20.3 Å². The first-order chi connectivity index (χ1) is 8.74. The Hall–Kier alpha value is -2.09. The fraction of sp³-hybridized carbons (Fsp3) is 0.188. The minimum Gasteiger partial charge on any atom is -0.301 e. The maximum atomic E-state index is 4.54. The predicted octanol–water partition coefficient (Wildman–Crippen LogP) is 3.54. The fourth-order valence-corrected chi connectivity index (χ4v) is 2.42. The maximum Gasteiger partial charge on any atom is 0.117 e. The molecule has 2 heteroatoms. The second kappa shape index (κ2) is 4.30. The summed E-state index contributed by atoms with van der Waals surface area (Å²) in [6.07, 6.45) is 2.82. The number of aromatic nitrogens is 2. The first-order valence-corrected chi connectivity index (χ1v) is 6.21. The van der Waals surface area contributed by atoms with E-state index in [-0.39, 0.29) is 0 Å². The van der Waals surface area contributed by atoms with Crippen LogP contribution in [0.5, 0.6) is 0 Å². The van der Waals surface area contributed by atoms with E-state index in [9.17, 15) is 0 Å². The quantitative estimate of drug-likeness (QED) is 0.665. The van der Waals surface area contributed by atoms with E-state index in [4.69, 9.17) is 0 Å². The molecule has 2 nitrogen and oxygen atoms in total. The molecule has 0 aliphatic heterocycles. The first-order valence-electron chi connectivity index (χ1n) is 6.21. The molecule has 1 aromatic carbocycles. The summed E-state index contributed by atoms with van der Waals surface area (Å²) in [5, 5.41) is 0. The summed E-state index contributed by atoms with van der Waals surface area (Å²) in [6.45, 7) is 4.24. The van der Waals surface area contributed by atoms with E-state index in [1.165, 1.54) is 16.8 Å². The minimum absolute atomic E-state index is 0.876. The van der Waals surface area contributed by atoms with Crippen LogP contribution >= 0.6 is 0 Å². The summed E-state index contributed by atoms with van der Waals surface area (Å²) < 4.78 is 2.22. The Morgan fingerprint density at radius 3 is 2.72 bits per heavy atom. The summed E-state index contributed by atoms with van der Waals surface area (Å²) in [5.74, 6) is 1.11. The zero-order valence-corrected chi connectivity index (χ0v) is 10.7. The van der Waals surface area contributed by atoms with Crippen molar-refractivity contribution in [1.29, 1.82) is 0 Å². The topological polar surface area (TPSA) is 17.3 Å². The highest BCUT2D eigenvalue weighted by Crippen LogP contribution is 2.14. The average Bonchev–Trinajstić information content (AvgIpc) is 2.74. The van der Waals surface area contributed by atoms with Gasteiger partial charge in [-0.25, -0.2) is 4.98 Å². The second-order valence-electron chi connectivity index (χ2n) is 4.77. The molecule has 0 fully saturated rings. The lowest BCUT2D eigenvalue weighted by Crippen LogP contribution is -1.99. The van der Waals surface area contributed by atoms with Crippen LogP contribution in [0.3, 0.4) is 0 Å². The van der Waals surface area contributed by atoms with Gasteiger partial charge in [0.2, 0.25) is 0 Å². The third-order valence-corrected chi connectivity index (χ3v) is 3.26. The summed E-state index contributed by atoms with van der Waals surface area (Å²) in [6, 6.07) is 14.9. The monoisotopic (exact) mass is 236 g/mol.